The topological polar surface area (TPSA) is 67.4 Å². The summed E-state index contributed by atoms with van der Waals surface area (Å²) in [4.78, 5) is 24.3. The Kier molecular flexibility index (Phi) is 5.36. The molecule has 9 heteroatoms. The predicted octanol–water partition coefficient (Wildman–Crippen LogP) is 4.13. The lowest BCUT2D eigenvalue weighted by atomic mass is 10.1. The summed E-state index contributed by atoms with van der Waals surface area (Å²) in [5.74, 6) is -2.13. The molecule has 2 amide bonds. The molecule has 0 fully saturated rings. The van der Waals surface area contributed by atoms with Crippen LogP contribution in [-0.4, -0.2) is 25.1 Å². The summed E-state index contributed by atoms with van der Waals surface area (Å²) in [6, 6.07) is 6.46. The molecule has 0 atom stereocenters. The van der Waals surface area contributed by atoms with Gasteiger partial charge in [0.1, 0.15) is 10.8 Å². The Balaban J connectivity index is 2.27. The summed E-state index contributed by atoms with van der Waals surface area (Å²) in [6.45, 7) is 3.27. The minimum Gasteiger partial charge on any atom is -0.497 e. The van der Waals surface area contributed by atoms with Crippen LogP contribution in [0.3, 0.4) is 0 Å². The number of aryl methyl sites for hydroxylation is 1. The second-order valence-corrected chi connectivity index (χ2v) is 6.35. The minimum atomic E-state index is -5.03. The van der Waals surface area contributed by atoms with Gasteiger partial charge in [0.2, 0.25) is 0 Å². The van der Waals surface area contributed by atoms with Crippen LogP contribution in [0, 0.1) is 13.8 Å². The normalized spacial score (nSPS) is 11.1. The highest BCUT2D eigenvalue weighted by Crippen LogP contribution is 2.34. The van der Waals surface area contributed by atoms with E-state index in [1.165, 1.54) is 7.11 Å². The number of nitrogens with one attached hydrogen (secondary N) is 2. The Labute approximate surface area is 145 Å². The summed E-state index contributed by atoms with van der Waals surface area (Å²) in [7, 11) is 1.50. The molecule has 2 rings (SSSR count). The number of thiophene rings is 1. The number of halogens is 3. The molecule has 0 saturated carbocycles. The van der Waals surface area contributed by atoms with Crippen LogP contribution in [0.15, 0.2) is 24.3 Å². The maximum absolute atomic E-state index is 12.5. The third-order valence-electron chi connectivity index (χ3n) is 3.44. The van der Waals surface area contributed by atoms with Crippen molar-refractivity contribution in [3.8, 4) is 5.75 Å². The number of anilines is 2. The number of amides is 2. The zero-order valence-electron chi connectivity index (χ0n) is 13.6. The van der Waals surface area contributed by atoms with Gasteiger partial charge in [0.05, 0.1) is 12.7 Å². The second kappa shape index (κ2) is 7.14. The first-order valence-corrected chi connectivity index (χ1v) is 7.88. The Morgan fingerprint density at radius 2 is 1.68 bits per heavy atom. The summed E-state index contributed by atoms with van der Waals surface area (Å²) in [5, 5.41) is 4.23. The molecular weight excluding hydrogens is 357 g/mol. The zero-order chi connectivity index (χ0) is 18.8. The van der Waals surface area contributed by atoms with Gasteiger partial charge >= 0.3 is 12.1 Å². The number of hydrogen-bond donors (Lipinski definition) is 2. The minimum absolute atomic E-state index is 0.0101. The van der Waals surface area contributed by atoms with Gasteiger partial charge < -0.3 is 15.4 Å². The highest BCUT2D eigenvalue weighted by Gasteiger charge is 2.39. The number of rotatable bonds is 4. The number of hydrogen-bond acceptors (Lipinski definition) is 4. The molecule has 1 heterocycles. The number of ether oxygens (including phenoxy) is 1. The van der Waals surface area contributed by atoms with Crippen molar-refractivity contribution in [1.82, 2.24) is 0 Å². The molecular formula is C16H15F3N2O3S. The first-order chi connectivity index (χ1) is 11.6. The van der Waals surface area contributed by atoms with Crippen molar-refractivity contribution in [3.63, 3.8) is 0 Å². The SMILES string of the molecule is COc1ccc(NC(=O)c2c(NC(=O)C(F)(F)F)sc(C)c2C)cc1. The molecule has 0 aliphatic heterocycles. The molecule has 134 valence electrons. The van der Waals surface area contributed by atoms with Gasteiger partial charge in [0.25, 0.3) is 5.91 Å². The van der Waals surface area contributed by atoms with Crippen LogP contribution in [0.2, 0.25) is 0 Å². The fourth-order valence-electron chi connectivity index (χ4n) is 2.03. The molecule has 0 bridgehead atoms. The molecule has 0 aliphatic carbocycles. The van der Waals surface area contributed by atoms with Crippen molar-refractivity contribution in [2.45, 2.75) is 20.0 Å². The molecule has 0 aliphatic rings. The Bertz CT molecular complexity index is 798. The molecule has 0 saturated heterocycles. The molecule has 2 N–H and O–H groups in total. The van der Waals surface area contributed by atoms with Crippen molar-refractivity contribution in [2.75, 3.05) is 17.7 Å². The Morgan fingerprint density at radius 3 is 2.20 bits per heavy atom. The Hall–Kier alpha value is -2.55. The van der Waals surface area contributed by atoms with Crippen LogP contribution >= 0.6 is 11.3 Å². The van der Waals surface area contributed by atoms with Crippen LogP contribution in [0.5, 0.6) is 5.75 Å². The van der Waals surface area contributed by atoms with E-state index in [0.717, 1.165) is 11.3 Å². The lowest BCUT2D eigenvalue weighted by molar-refractivity contribution is -0.167. The van der Waals surface area contributed by atoms with Gasteiger partial charge in [-0.2, -0.15) is 13.2 Å². The molecule has 0 spiro atoms. The highest BCUT2D eigenvalue weighted by atomic mass is 32.1. The van der Waals surface area contributed by atoms with Crippen molar-refractivity contribution >= 4 is 33.8 Å². The molecule has 0 radical (unpaired) electrons. The maximum atomic E-state index is 12.5. The average molecular weight is 372 g/mol. The predicted molar refractivity (Wildman–Crippen MR) is 89.4 cm³/mol. The average Bonchev–Trinajstić information content (AvgIpc) is 2.81. The first-order valence-electron chi connectivity index (χ1n) is 7.07. The standard InChI is InChI=1S/C16H15F3N2O3S/c1-8-9(2)25-14(21-15(23)16(17,18)19)12(8)13(22)20-10-4-6-11(24-3)7-5-10/h4-7H,1-3H3,(H,20,22)(H,21,23). The number of benzene rings is 1. The van der Waals surface area contributed by atoms with Crippen molar-refractivity contribution in [3.05, 3.63) is 40.3 Å². The second-order valence-electron chi connectivity index (χ2n) is 5.12. The molecule has 5 nitrogen and oxygen atoms in total. The molecule has 1 aromatic carbocycles. The number of carbonyl (C=O) groups excluding carboxylic acids is 2. The largest absolute Gasteiger partial charge is 0.497 e. The van der Waals surface area contributed by atoms with Crippen molar-refractivity contribution in [1.29, 1.82) is 0 Å². The first kappa shape index (κ1) is 18.8. The van der Waals surface area contributed by atoms with Gasteiger partial charge in [-0.25, -0.2) is 0 Å². The van der Waals surface area contributed by atoms with Crippen LogP contribution in [0.25, 0.3) is 0 Å². The van der Waals surface area contributed by atoms with Crippen LogP contribution in [0.1, 0.15) is 20.8 Å². The number of methoxy groups -OCH3 is 1. The summed E-state index contributed by atoms with van der Waals surface area (Å²) >= 11 is 0.918. The van der Waals surface area contributed by atoms with Crippen LogP contribution in [-0.2, 0) is 4.79 Å². The number of alkyl halides is 3. The quantitative estimate of drug-likeness (QED) is 0.848. The smallest absolute Gasteiger partial charge is 0.471 e. The monoisotopic (exact) mass is 372 g/mol. The lowest BCUT2D eigenvalue weighted by Crippen LogP contribution is -2.30. The van der Waals surface area contributed by atoms with E-state index in [1.807, 2.05) is 0 Å². The Morgan fingerprint density at radius 1 is 1.08 bits per heavy atom. The molecule has 25 heavy (non-hydrogen) atoms. The van der Waals surface area contributed by atoms with E-state index in [1.54, 1.807) is 43.4 Å². The molecule has 0 unspecified atom stereocenters. The number of carbonyl (C=O) groups is 2. The maximum Gasteiger partial charge on any atom is 0.471 e. The van der Waals surface area contributed by atoms with Gasteiger partial charge in [-0.15, -0.1) is 11.3 Å². The van der Waals surface area contributed by atoms with Gasteiger partial charge in [-0.05, 0) is 43.7 Å². The van der Waals surface area contributed by atoms with E-state index < -0.39 is 18.0 Å². The van der Waals surface area contributed by atoms with Gasteiger partial charge in [0.15, 0.2) is 0 Å². The van der Waals surface area contributed by atoms with E-state index in [9.17, 15) is 22.8 Å². The van der Waals surface area contributed by atoms with Gasteiger partial charge in [-0.3, -0.25) is 9.59 Å². The summed E-state index contributed by atoms with van der Waals surface area (Å²) < 4.78 is 42.4. The van der Waals surface area contributed by atoms with E-state index in [0.29, 0.717) is 21.9 Å². The van der Waals surface area contributed by atoms with E-state index in [4.69, 9.17) is 4.74 Å². The van der Waals surface area contributed by atoms with Crippen molar-refractivity contribution < 1.29 is 27.5 Å². The highest BCUT2D eigenvalue weighted by molar-refractivity contribution is 7.16. The lowest BCUT2D eigenvalue weighted by Gasteiger charge is -2.10. The van der Waals surface area contributed by atoms with E-state index in [2.05, 4.69) is 5.32 Å². The third-order valence-corrected chi connectivity index (χ3v) is 4.57. The van der Waals surface area contributed by atoms with Crippen LogP contribution in [0.4, 0.5) is 23.9 Å². The van der Waals surface area contributed by atoms with Gasteiger partial charge in [0, 0.05) is 10.6 Å². The van der Waals surface area contributed by atoms with E-state index in [-0.39, 0.29) is 10.6 Å². The summed E-state index contributed by atoms with van der Waals surface area (Å²) in [5.41, 5.74) is 0.964. The van der Waals surface area contributed by atoms with E-state index >= 15 is 0 Å². The van der Waals surface area contributed by atoms with Crippen LogP contribution < -0.4 is 15.4 Å². The molecule has 2 aromatic rings. The molecule has 1 aromatic heterocycles. The zero-order valence-corrected chi connectivity index (χ0v) is 14.4. The fourth-order valence-corrected chi connectivity index (χ4v) is 3.08. The van der Waals surface area contributed by atoms with Crippen molar-refractivity contribution in [2.24, 2.45) is 0 Å². The fraction of sp³-hybridized carbons (Fsp3) is 0.250. The third kappa shape index (κ3) is 4.30. The summed E-state index contributed by atoms with van der Waals surface area (Å²) in [6.07, 6.45) is -5.03. The van der Waals surface area contributed by atoms with Gasteiger partial charge in [-0.1, -0.05) is 0 Å².